The van der Waals surface area contributed by atoms with Gasteiger partial charge in [0.1, 0.15) is 23.8 Å². The molecule has 2 aliphatic rings. The number of rotatable bonds is 4. The Morgan fingerprint density at radius 2 is 1.55 bits per heavy atom. The maximum Gasteiger partial charge on any atom is 0.243 e. The molecule has 11 heteroatoms. The van der Waals surface area contributed by atoms with E-state index in [1.165, 1.54) is 16.7 Å². The van der Waals surface area contributed by atoms with Crippen LogP contribution in [0, 0.1) is 5.82 Å². The number of hydrogen-bond donors (Lipinski definition) is 0. The molecule has 1 aromatic heterocycles. The fourth-order valence-corrected chi connectivity index (χ4v) is 5.11. The highest BCUT2D eigenvalue weighted by Gasteiger charge is 2.29. The number of piperazine rings is 1. The summed E-state index contributed by atoms with van der Waals surface area (Å²) in [6, 6.07) is 5.38. The fourth-order valence-electron chi connectivity index (χ4n) is 3.42. The molecule has 2 aliphatic heterocycles. The molecule has 0 bridgehead atoms. The van der Waals surface area contributed by atoms with E-state index in [-0.39, 0.29) is 9.92 Å². The average Bonchev–Trinajstić information content (AvgIpc) is 2.76. The monoisotopic (exact) mass is 441 g/mol. The van der Waals surface area contributed by atoms with E-state index in [2.05, 4.69) is 14.9 Å². The van der Waals surface area contributed by atoms with E-state index in [1.807, 2.05) is 11.0 Å². The number of morpholine rings is 1. The third-order valence-electron chi connectivity index (χ3n) is 5.06. The molecular formula is C18H21ClFN5O3S. The summed E-state index contributed by atoms with van der Waals surface area (Å²) in [5, 5.41) is -0.207. The van der Waals surface area contributed by atoms with Crippen molar-refractivity contribution in [3.63, 3.8) is 0 Å². The Hall–Kier alpha value is -2.01. The van der Waals surface area contributed by atoms with Gasteiger partial charge in [-0.05, 0) is 18.2 Å². The summed E-state index contributed by atoms with van der Waals surface area (Å²) in [7, 11) is -3.73. The second kappa shape index (κ2) is 8.39. The molecule has 2 aromatic rings. The molecule has 0 saturated carbocycles. The average molecular weight is 442 g/mol. The van der Waals surface area contributed by atoms with Crippen molar-refractivity contribution in [2.45, 2.75) is 4.90 Å². The first-order valence-corrected chi connectivity index (χ1v) is 11.1. The van der Waals surface area contributed by atoms with Crippen molar-refractivity contribution in [2.75, 3.05) is 62.3 Å². The van der Waals surface area contributed by atoms with Gasteiger partial charge in [-0.3, -0.25) is 0 Å². The van der Waals surface area contributed by atoms with E-state index in [0.717, 1.165) is 36.9 Å². The van der Waals surface area contributed by atoms with Gasteiger partial charge in [0.2, 0.25) is 10.0 Å². The highest BCUT2D eigenvalue weighted by Crippen LogP contribution is 2.25. The summed E-state index contributed by atoms with van der Waals surface area (Å²) in [4.78, 5) is 12.9. The summed E-state index contributed by atoms with van der Waals surface area (Å²) >= 11 is 5.75. The van der Waals surface area contributed by atoms with Crippen molar-refractivity contribution in [1.82, 2.24) is 14.3 Å². The smallest absolute Gasteiger partial charge is 0.243 e. The summed E-state index contributed by atoms with van der Waals surface area (Å²) in [5.74, 6) is 0.966. The predicted molar refractivity (Wildman–Crippen MR) is 107 cm³/mol. The van der Waals surface area contributed by atoms with Crippen LogP contribution in [-0.4, -0.2) is 75.2 Å². The molecule has 3 heterocycles. The summed E-state index contributed by atoms with van der Waals surface area (Å²) in [6.07, 6.45) is 1.53. The number of sulfonamides is 1. The molecule has 4 rings (SSSR count). The lowest BCUT2D eigenvalue weighted by Crippen LogP contribution is -2.49. The van der Waals surface area contributed by atoms with Crippen LogP contribution in [0.5, 0.6) is 0 Å². The highest BCUT2D eigenvalue weighted by atomic mass is 35.5. The van der Waals surface area contributed by atoms with Gasteiger partial charge < -0.3 is 14.5 Å². The molecule has 29 heavy (non-hydrogen) atoms. The second-order valence-electron chi connectivity index (χ2n) is 6.80. The number of halogens is 2. The normalized spacial score (nSPS) is 18.8. The largest absolute Gasteiger partial charge is 0.378 e. The molecule has 0 aliphatic carbocycles. The lowest BCUT2D eigenvalue weighted by Gasteiger charge is -2.35. The zero-order chi connectivity index (χ0) is 20.4. The maximum absolute atomic E-state index is 13.4. The zero-order valence-electron chi connectivity index (χ0n) is 15.7. The van der Waals surface area contributed by atoms with Gasteiger partial charge in [-0.2, -0.15) is 4.31 Å². The van der Waals surface area contributed by atoms with Crippen LogP contribution in [0.25, 0.3) is 0 Å². The minimum atomic E-state index is -3.73. The predicted octanol–water partition coefficient (Wildman–Crippen LogP) is 1.62. The number of ether oxygens (including phenoxy) is 1. The molecule has 2 saturated heterocycles. The molecule has 0 atom stereocenters. The number of nitrogens with zero attached hydrogens (tertiary/aromatic N) is 5. The Morgan fingerprint density at radius 1 is 0.931 bits per heavy atom. The Balaban J connectivity index is 1.44. The zero-order valence-corrected chi connectivity index (χ0v) is 17.2. The minimum Gasteiger partial charge on any atom is -0.378 e. The standard InChI is InChI=1S/C18H21ClFN5O3S/c19-15-11-14(1-2-16(15)20)29(26,27)25-5-3-23(4-6-25)17-12-18(22-13-21-17)24-7-9-28-10-8-24/h1-2,11-13H,3-10H2. The molecule has 0 amide bonds. The Bertz CT molecular complexity index is 979. The van der Waals surface area contributed by atoms with Gasteiger partial charge in [-0.25, -0.2) is 22.8 Å². The first-order chi connectivity index (χ1) is 13.9. The fraction of sp³-hybridized carbons (Fsp3) is 0.444. The first-order valence-electron chi connectivity index (χ1n) is 9.30. The van der Waals surface area contributed by atoms with Crippen molar-refractivity contribution >= 4 is 33.3 Å². The second-order valence-corrected chi connectivity index (χ2v) is 9.15. The van der Waals surface area contributed by atoms with Crippen molar-refractivity contribution in [3.8, 4) is 0 Å². The Kier molecular flexibility index (Phi) is 5.86. The van der Waals surface area contributed by atoms with Gasteiger partial charge >= 0.3 is 0 Å². The highest BCUT2D eigenvalue weighted by molar-refractivity contribution is 7.89. The third kappa shape index (κ3) is 4.30. The number of aromatic nitrogens is 2. The number of benzene rings is 1. The summed E-state index contributed by atoms with van der Waals surface area (Å²) < 4.78 is 45.8. The molecule has 1 aromatic carbocycles. The molecule has 2 fully saturated rings. The van der Waals surface area contributed by atoms with E-state index in [0.29, 0.717) is 39.4 Å². The quantitative estimate of drug-likeness (QED) is 0.713. The van der Waals surface area contributed by atoms with Crippen LogP contribution in [0.2, 0.25) is 5.02 Å². The van der Waals surface area contributed by atoms with Gasteiger partial charge in [0.25, 0.3) is 0 Å². The number of hydrogen-bond acceptors (Lipinski definition) is 7. The van der Waals surface area contributed by atoms with Crippen molar-refractivity contribution in [3.05, 3.63) is 41.4 Å². The van der Waals surface area contributed by atoms with Crippen LogP contribution < -0.4 is 9.80 Å². The van der Waals surface area contributed by atoms with Gasteiger partial charge in [0.05, 0.1) is 23.1 Å². The Labute approximate surface area is 173 Å². The molecule has 0 unspecified atom stereocenters. The minimum absolute atomic E-state index is 0.00557. The van der Waals surface area contributed by atoms with Crippen LogP contribution in [0.3, 0.4) is 0 Å². The van der Waals surface area contributed by atoms with E-state index in [1.54, 1.807) is 0 Å². The van der Waals surface area contributed by atoms with Crippen LogP contribution in [0.1, 0.15) is 0 Å². The van der Waals surface area contributed by atoms with Crippen molar-refractivity contribution in [1.29, 1.82) is 0 Å². The van der Waals surface area contributed by atoms with Crippen molar-refractivity contribution in [2.24, 2.45) is 0 Å². The lowest BCUT2D eigenvalue weighted by atomic mass is 10.3. The van der Waals surface area contributed by atoms with Gasteiger partial charge in [0, 0.05) is 45.3 Å². The molecule has 8 nitrogen and oxygen atoms in total. The lowest BCUT2D eigenvalue weighted by molar-refractivity contribution is 0.122. The van der Waals surface area contributed by atoms with Crippen LogP contribution in [0.4, 0.5) is 16.0 Å². The van der Waals surface area contributed by atoms with Gasteiger partial charge in [0.15, 0.2) is 0 Å². The van der Waals surface area contributed by atoms with Gasteiger partial charge in [-0.15, -0.1) is 0 Å². The van der Waals surface area contributed by atoms with E-state index in [4.69, 9.17) is 16.3 Å². The number of anilines is 2. The third-order valence-corrected chi connectivity index (χ3v) is 7.25. The van der Waals surface area contributed by atoms with Gasteiger partial charge in [-0.1, -0.05) is 11.6 Å². The SMILES string of the molecule is O=S(=O)(c1ccc(F)c(Cl)c1)N1CCN(c2cc(N3CCOCC3)ncn2)CC1. The molecule has 0 radical (unpaired) electrons. The van der Waals surface area contributed by atoms with E-state index >= 15 is 0 Å². The van der Waals surface area contributed by atoms with Crippen LogP contribution in [0.15, 0.2) is 35.5 Å². The Morgan fingerprint density at radius 3 is 2.17 bits per heavy atom. The molecule has 0 N–H and O–H groups in total. The molecule has 0 spiro atoms. The topological polar surface area (TPSA) is 78.9 Å². The first kappa shape index (κ1) is 20.3. The van der Waals surface area contributed by atoms with Crippen molar-refractivity contribution < 1.29 is 17.5 Å². The summed E-state index contributed by atoms with van der Waals surface area (Å²) in [6.45, 7) is 4.49. The molecular weight excluding hydrogens is 421 g/mol. The maximum atomic E-state index is 13.4. The van der Waals surface area contributed by atoms with Crippen LogP contribution in [-0.2, 0) is 14.8 Å². The molecule has 156 valence electrons. The summed E-state index contributed by atoms with van der Waals surface area (Å²) in [5.41, 5.74) is 0. The van der Waals surface area contributed by atoms with E-state index < -0.39 is 15.8 Å². The van der Waals surface area contributed by atoms with Crippen LogP contribution >= 0.6 is 11.6 Å². The van der Waals surface area contributed by atoms with E-state index in [9.17, 15) is 12.8 Å².